The van der Waals surface area contributed by atoms with Gasteiger partial charge in [0, 0.05) is 15.1 Å². The van der Waals surface area contributed by atoms with E-state index in [0.717, 1.165) is 4.47 Å². The van der Waals surface area contributed by atoms with Gasteiger partial charge in [-0.1, -0.05) is 39.1 Å². The summed E-state index contributed by atoms with van der Waals surface area (Å²) < 4.78 is 6.25. The Bertz CT molecular complexity index is 784. The predicted molar refractivity (Wildman–Crippen MR) is 98.1 cm³/mol. The number of amides is 1. The Morgan fingerprint density at radius 1 is 1.33 bits per heavy atom. The van der Waals surface area contributed by atoms with Crippen LogP contribution in [0.2, 0.25) is 10.0 Å². The third-order valence-corrected chi connectivity index (χ3v) is 3.96. The van der Waals surface area contributed by atoms with E-state index < -0.39 is 12.0 Å². The van der Waals surface area contributed by atoms with Crippen molar-refractivity contribution >= 4 is 51.3 Å². The maximum Gasteiger partial charge on any atom is 0.280 e. The number of hydrazone groups is 1. The van der Waals surface area contributed by atoms with E-state index in [1.165, 1.54) is 18.3 Å². The summed E-state index contributed by atoms with van der Waals surface area (Å²) in [6, 6.07) is 9.59. The van der Waals surface area contributed by atoms with Gasteiger partial charge < -0.3 is 9.84 Å². The lowest BCUT2D eigenvalue weighted by molar-refractivity contribution is -0.127. The fraction of sp³-hybridized carbons (Fsp3) is 0.125. The van der Waals surface area contributed by atoms with E-state index in [9.17, 15) is 9.90 Å². The third kappa shape index (κ3) is 5.12. The molecule has 2 aromatic carbocycles. The van der Waals surface area contributed by atoms with Crippen molar-refractivity contribution in [3.63, 3.8) is 0 Å². The molecular weight excluding hydrogens is 419 g/mol. The Kier molecular flexibility index (Phi) is 6.48. The second-order valence-corrected chi connectivity index (χ2v) is 6.53. The van der Waals surface area contributed by atoms with Crippen LogP contribution in [0, 0.1) is 0 Å². The summed E-state index contributed by atoms with van der Waals surface area (Å²) in [7, 11) is 0. The number of carbonyl (C=O) groups excluding carboxylic acids is 1. The lowest BCUT2D eigenvalue weighted by atomic mass is 10.2. The van der Waals surface area contributed by atoms with Crippen molar-refractivity contribution < 1.29 is 14.6 Å². The Morgan fingerprint density at radius 2 is 2.08 bits per heavy atom. The lowest BCUT2D eigenvalue weighted by Crippen LogP contribution is -2.33. The molecule has 0 heterocycles. The van der Waals surface area contributed by atoms with Gasteiger partial charge in [0.1, 0.15) is 11.5 Å². The summed E-state index contributed by atoms with van der Waals surface area (Å²) in [6.45, 7) is 1.56. The minimum absolute atomic E-state index is 0.0495. The minimum Gasteiger partial charge on any atom is -0.507 e. The zero-order valence-electron chi connectivity index (χ0n) is 12.5. The van der Waals surface area contributed by atoms with Crippen LogP contribution in [0.1, 0.15) is 12.5 Å². The number of nitrogens with one attached hydrogen (secondary N) is 1. The van der Waals surface area contributed by atoms with E-state index in [0.29, 0.717) is 21.4 Å². The molecule has 2 rings (SSSR count). The standard InChI is InChI=1S/C16H13BrCl2N2O3/c1-9(24-15-5-3-12(18)7-13(15)19)16(23)21-20-8-10-6-11(17)2-4-14(10)22/h2-9,22H,1H3,(H,21,23)/b20-8+. The molecule has 24 heavy (non-hydrogen) atoms. The first-order valence-corrected chi connectivity index (χ1v) is 8.35. The van der Waals surface area contributed by atoms with Crippen LogP contribution in [0.4, 0.5) is 0 Å². The highest BCUT2D eigenvalue weighted by atomic mass is 79.9. The summed E-state index contributed by atoms with van der Waals surface area (Å²) >= 11 is 15.1. The largest absolute Gasteiger partial charge is 0.507 e. The minimum atomic E-state index is -0.822. The van der Waals surface area contributed by atoms with Crippen LogP contribution in [-0.4, -0.2) is 23.3 Å². The van der Waals surface area contributed by atoms with Crippen molar-refractivity contribution in [1.29, 1.82) is 0 Å². The van der Waals surface area contributed by atoms with Gasteiger partial charge in [0.05, 0.1) is 11.2 Å². The molecule has 0 radical (unpaired) electrons. The molecule has 5 nitrogen and oxygen atoms in total. The van der Waals surface area contributed by atoms with E-state index in [1.807, 2.05) is 0 Å². The van der Waals surface area contributed by atoms with E-state index in [-0.39, 0.29) is 5.75 Å². The van der Waals surface area contributed by atoms with E-state index in [2.05, 4.69) is 26.5 Å². The SMILES string of the molecule is CC(Oc1ccc(Cl)cc1Cl)C(=O)N/N=C/c1cc(Br)ccc1O. The fourth-order valence-electron chi connectivity index (χ4n) is 1.70. The first-order chi connectivity index (χ1) is 11.4. The number of ether oxygens (including phenoxy) is 1. The third-order valence-electron chi connectivity index (χ3n) is 2.93. The Labute approximate surface area is 157 Å². The molecule has 1 atom stereocenters. The number of benzene rings is 2. The molecule has 126 valence electrons. The number of hydrogen-bond acceptors (Lipinski definition) is 4. The molecule has 0 saturated heterocycles. The molecule has 0 aliphatic carbocycles. The normalized spacial score (nSPS) is 12.2. The van der Waals surface area contributed by atoms with Crippen molar-refractivity contribution in [2.45, 2.75) is 13.0 Å². The average Bonchev–Trinajstić information content (AvgIpc) is 2.53. The van der Waals surface area contributed by atoms with Gasteiger partial charge in [0.15, 0.2) is 6.10 Å². The fourth-order valence-corrected chi connectivity index (χ4v) is 2.53. The molecule has 0 fully saturated rings. The van der Waals surface area contributed by atoms with Crippen LogP contribution in [-0.2, 0) is 4.79 Å². The lowest BCUT2D eigenvalue weighted by Gasteiger charge is -2.14. The Hall–Kier alpha value is -1.76. The molecule has 8 heteroatoms. The van der Waals surface area contributed by atoms with Gasteiger partial charge in [0.2, 0.25) is 0 Å². The molecule has 0 spiro atoms. The quantitative estimate of drug-likeness (QED) is 0.545. The molecule has 0 aromatic heterocycles. The molecule has 1 unspecified atom stereocenters. The highest BCUT2D eigenvalue weighted by Gasteiger charge is 2.15. The topological polar surface area (TPSA) is 70.9 Å². The Balaban J connectivity index is 1.96. The smallest absolute Gasteiger partial charge is 0.280 e. The number of nitrogens with zero attached hydrogens (tertiary/aromatic N) is 1. The highest BCUT2D eigenvalue weighted by Crippen LogP contribution is 2.28. The second-order valence-electron chi connectivity index (χ2n) is 4.77. The summed E-state index contributed by atoms with van der Waals surface area (Å²) in [6.07, 6.45) is 0.511. The van der Waals surface area contributed by atoms with Crippen molar-refractivity contribution in [3.05, 3.63) is 56.5 Å². The van der Waals surface area contributed by atoms with E-state index in [1.54, 1.807) is 31.2 Å². The number of halogens is 3. The molecular formula is C16H13BrCl2N2O3. The zero-order valence-corrected chi connectivity index (χ0v) is 15.6. The summed E-state index contributed by atoms with van der Waals surface area (Å²) in [4.78, 5) is 12.0. The van der Waals surface area contributed by atoms with Crippen molar-refractivity contribution in [1.82, 2.24) is 5.43 Å². The van der Waals surface area contributed by atoms with Crippen molar-refractivity contribution in [3.8, 4) is 11.5 Å². The molecule has 2 N–H and O–H groups in total. The number of rotatable bonds is 5. The number of aromatic hydroxyl groups is 1. The van der Waals surface area contributed by atoms with Crippen LogP contribution >= 0.6 is 39.1 Å². The van der Waals surface area contributed by atoms with E-state index >= 15 is 0 Å². The summed E-state index contributed by atoms with van der Waals surface area (Å²) in [5.74, 6) is -0.0717. The molecule has 0 aliphatic heterocycles. The van der Waals surface area contributed by atoms with Gasteiger partial charge in [-0.2, -0.15) is 5.10 Å². The van der Waals surface area contributed by atoms with Gasteiger partial charge in [-0.05, 0) is 43.3 Å². The summed E-state index contributed by atoms with van der Waals surface area (Å²) in [5, 5.41) is 14.3. The van der Waals surface area contributed by atoms with Crippen LogP contribution in [0.25, 0.3) is 0 Å². The average molecular weight is 432 g/mol. The summed E-state index contributed by atoms with van der Waals surface area (Å²) in [5.41, 5.74) is 2.80. The second kappa shape index (κ2) is 8.37. The number of carbonyl (C=O) groups is 1. The van der Waals surface area contributed by atoms with E-state index in [4.69, 9.17) is 27.9 Å². The predicted octanol–water partition coefficient (Wildman–Crippen LogP) is 4.38. The molecule has 0 bridgehead atoms. The van der Waals surface area contributed by atoms with Gasteiger partial charge in [-0.25, -0.2) is 5.43 Å². The first kappa shape index (κ1) is 18.6. The number of phenolic OH excluding ortho intramolecular Hbond substituents is 1. The maximum atomic E-state index is 12.0. The number of phenols is 1. The molecule has 0 aliphatic rings. The highest BCUT2D eigenvalue weighted by molar-refractivity contribution is 9.10. The van der Waals surface area contributed by atoms with Gasteiger partial charge in [-0.15, -0.1) is 0 Å². The monoisotopic (exact) mass is 430 g/mol. The van der Waals surface area contributed by atoms with Crippen LogP contribution in [0.15, 0.2) is 46.0 Å². The van der Waals surface area contributed by atoms with Gasteiger partial charge in [-0.3, -0.25) is 4.79 Å². The zero-order chi connectivity index (χ0) is 17.7. The molecule has 2 aromatic rings. The van der Waals surface area contributed by atoms with Gasteiger partial charge >= 0.3 is 0 Å². The molecule has 0 saturated carbocycles. The maximum absolute atomic E-state index is 12.0. The van der Waals surface area contributed by atoms with Crippen LogP contribution in [0.5, 0.6) is 11.5 Å². The van der Waals surface area contributed by atoms with Crippen molar-refractivity contribution in [2.24, 2.45) is 5.10 Å². The Morgan fingerprint density at radius 3 is 2.79 bits per heavy atom. The first-order valence-electron chi connectivity index (χ1n) is 6.80. The van der Waals surface area contributed by atoms with Crippen molar-refractivity contribution in [2.75, 3.05) is 0 Å². The number of hydrogen-bond donors (Lipinski definition) is 2. The van der Waals surface area contributed by atoms with Gasteiger partial charge in [0.25, 0.3) is 5.91 Å². The van der Waals surface area contributed by atoms with Crippen LogP contribution < -0.4 is 10.2 Å². The molecule has 1 amide bonds. The van der Waals surface area contributed by atoms with Crippen LogP contribution in [0.3, 0.4) is 0 Å².